The van der Waals surface area contributed by atoms with Crippen LogP contribution in [0.4, 0.5) is 4.39 Å². The Kier molecular flexibility index (Phi) is 4.04. The van der Waals surface area contributed by atoms with Crippen LogP contribution in [0.5, 0.6) is 0 Å². The van der Waals surface area contributed by atoms with Crippen molar-refractivity contribution >= 4 is 21.9 Å². The van der Waals surface area contributed by atoms with Crippen LogP contribution in [0.15, 0.2) is 47.1 Å². The highest BCUT2D eigenvalue weighted by atomic mass is 79.9. The highest BCUT2D eigenvalue weighted by Gasteiger charge is 2.13. The number of halogens is 2. The Labute approximate surface area is 112 Å². The van der Waals surface area contributed by atoms with Crippen LogP contribution in [-0.2, 0) is 11.3 Å². The normalized spacial score (nSPS) is 10.1. The molecule has 5 heteroatoms. The van der Waals surface area contributed by atoms with Crippen LogP contribution in [0.1, 0.15) is 15.9 Å². The zero-order valence-corrected chi connectivity index (χ0v) is 10.9. The molecule has 0 aliphatic rings. The molecule has 1 aromatic heterocycles. The van der Waals surface area contributed by atoms with Gasteiger partial charge in [-0.15, -0.1) is 0 Å². The van der Waals surface area contributed by atoms with E-state index in [0.29, 0.717) is 4.47 Å². The minimum Gasteiger partial charge on any atom is -0.457 e. The standard InChI is InChI=1S/C13H9BrFNO2/c14-11-7-16-12(15)6-10(11)13(17)18-8-9-4-2-1-3-5-9/h1-7H,8H2. The summed E-state index contributed by atoms with van der Waals surface area (Å²) in [5, 5.41) is 0. The molecule has 0 amide bonds. The van der Waals surface area contributed by atoms with Crippen LogP contribution in [0.2, 0.25) is 0 Å². The van der Waals surface area contributed by atoms with E-state index in [1.807, 2.05) is 30.3 Å². The summed E-state index contributed by atoms with van der Waals surface area (Å²) in [4.78, 5) is 15.2. The maximum atomic E-state index is 12.9. The molecular formula is C13H9BrFNO2. The zero-order chi connectivity index (χ0) is 13.0. The summed E-state index contributed by atoms with van der Waals surface area (Å²) >= 11 is 3.13. The lowest BCUT2D eigenvalue weighted by Crippen LogP contribution is -2.07. The number of carbonyl (C=O) groups is 1. The van der Waals surface area contributed by atoms with Crippen LogP contribution >= 0.6 is 15.9 Å². The Bertz CT molecular complexity index is 560. The first kappa shape index (κ1) is 12.7. The zero-order valence-electron chi connectivity index (χ0n) is 9.27. The van der Waals surface area contributed by atoms with Gasteiger partial charge in [0.15, 0.2) is 0 Å². The van der Waals surface area contributed by atoms with Crippen molar-refractivity contribution in [1.82, 2.24) is 4.98 Å². The maximum absolute atomic E-state index is 12.9. The fourth-order valence-corrected chi connectivity index (χ4v) is 1.75. The highest BCUT2D eigenvalue weighted by Crippen LogP contribution is 2.17. The molecule has 0 aliphatic heterocycles. The van der Waals surface area contributed by atoms with Crippen molar-refractivity contribution in [3.8, 4) is 0 Å². The first-order valence-electron chi connectivity index (χ1n) is 5.19. The van der Waals surface area contributed by atoms with Gasteiger partial charge in [0, 0.05) is 12.3 Å². The molecule has 1 heterocycles. The van der Waals surface area contributed by atoms with Crippen LogP contribution in [-0.4, -0.2) is 11.0 Å². The number of hydrogen-bond donors (Lipinski definition) is 0. The highest BCUT2D eigenvalue weighted by molar-refractivity contribution is 9.10. The molecule has 0 atom stereocenters. The molecule has 18 heavy (non-hydrogen) atoms. The smallest absolute Gasteiger partial charge is 0.339 e. The van der Waals surface area contributed by atoms with E-state index in [-0.39, 0.29) is 12.2 Å². The van der Waals surface area contributed by atoms with Gasteiger partial charge in [-0.25, -0.2) is 9.78 Å². The number of esters is 1. The van der Waals surface area contributed by atoms with Gasteiger partial charge >= 0.3 is 5.97 Å². The topological polar surface area (TPSA) is 39.2 Å². The van der Waals surface area contributed by atoms with E-state index in [4.69, 9.17) is 4.74 Å². The van der Waals surface area contributed by atoms with Crippen LogP contribution < -0.4 is 0 Å². The molecule has 0 saturated carbocycles. The van der Waals surface area contributed by atoms with Gasteiger partial charge < -0.3 is 4.74 Å². The van der Waals surface area contributed by atoms with Crippen molar-refractivity contribution < 1.29 is 13.9 Å². The van der Waals surface area contributed by atoms with Crippen molar-refractivity contribution in [2.24, 2.45) is 0 Å². The van der Waals surface area contributed by atoms with Crippen LogP contribution in [0, 0.1) is 5.95 Å². The van der Waals surface area contributed by atoms with E-state index in [0.717, 1.165) is 11.6 Å². The Hall–Kier alpha value is -1.75. The third kappa shape index (κ3) is 3.13. The molecule has 92 valence electrons. The number of hydrogen-bond acceptors (Lipinski definition) is 3. The van der Waals surface area contributed by atoms with E-state index >= 15 is 0 Å². The lowest BCUT2D eigenvalue weighted by Gasteiger charge is -2.06. The fourth-order valence-electron chi connectivity index (χ4n) is 1.37. The summed E-state index contributed by atoms with van der Waals surface area (Å²) in [6, 6.07) is 10.3. The van der Waals surface area contributed by atoms with Crippen molar-refractivity contribution in [2.75, 3.05) is 0 Å². The van der Waals surface area contributed by atoms with Gasteiger partial charge in [0.1, 0.15) is 6.61 Å². The Morgan fingerprint density at radius 2 is 2.06 bits per heavy atom. The van der Waals surface area contributed by atoms with E-state index in [1.54, 1.807) is 0 Å². The Morgan fingerprint density at radius 3 is 2.78 bits per heavy atom. The van der Waals surface area contributed by atoms with E-state index in [2.05, 4.69) is 20.9 Å². The molecule has 0 aliphatic carbocycles. The van der Waals surface area contributed by atoms with Crippen molar-refractivity contribution in [3.05, 3.63) is 64.1 Å². The molecule has 0 N–H and O–H groups in total. The van der Waals surface area contributed by atoms with Gasteiger partial charge in [-0.3, -0.25) is 0 Å². The SMILES string of the molecule is O=C(OCc1ccccc1)c1cc(F)ncc1Br. The largest absolute Gasteiger partial charge is 0.457 e. The molecule has 0 unspecified atom stereocenters. The Balaban J connectivity index is 2.06. The van der Waals surface area contributed by atoms with E-state index < -0.39 is 11.9 Å². The molecule has 3 nitrogen and oxygen atoms in total. The van der Waals surface area contributed by atoms with Gasteiger partial charge in [-0.05, 0) is 21.5 Å². The predicted octanol–water partition coefficient (Wildman–Crippen LogP) is 3.34. The summed E-state index contributed by atoms with van der Waals surface area (Å²) < 4.78 is 18.4. The molecule has 0 spiro atoms. The molecule has 1 aromatic carbocycles. The number of rotatable bonds is 3. The second kappa shape index (κ2) is 5.73. The molecule has 0 radical (unpaired) electrons. The summed E-state index contributed by atoms with van der Waals surface area (Å²) in [5.74, 6) is -1.31. The summed E-state index contributed by atoms with van der Waals surface area (Å²) in [7, 11) is 0. The first-order chi connectivity index (χ1) is 8.66. The number of pyridine rings is 1. The second-order valence-corrected chi connectivity index (χ2v) is 4.40. The second-order valence-electron chi connectivity index (χ2n) is 3.55. The van der Waals surface area contributed by atoms with E-state index in [1.165, 1.54) is 6.20 Å². The maximum Gasteiger partial charge on any atom is 0.339 e. The Morgan fingerprint density at radius 1 is 1.33 bits per heavy atom. The van der Waals surface area contributed by atoms with Crippen molar-refractivity contribution in [3.63, 3.8) is 0 Å². The average molecular weight is 310 g/mol. The van der Waals surface area contributed by atoms with Gasteiger partial charge in [0.25, 0.3) is 0 Å². The lowest BCUT2D eigenvalue weighted by atomic mass is 10.2. The number of aromatic nitrogens is 1. The summed E-state index contributed by atoms with van der Waals surface area (Å²) in [5.41, 5.74) is 0.995. The van der Waals surface area contributed by atoms with Gasteiger partial charge in [-0.2, -0.15) is 4.39 Å². The fraction of sp³-hybridized carbons (Fsp3) is 0.0769. The monoisotopic (exact) mass is 309 g/mol. The lowest BCUT2D eigenvalue weighted by molar-refractivity contribution is 0.0471. The minimum absolute atomic E-state index is 0.124. The van der Waals surface area contributed by atoms with Gasteiger partial charge in [0.05, 0.1) is 10.0 Å². The van der Waals surface area contributed by atoms with E-state index in [9.17, 15) is 9.18 Å². The molecule has 0 fully saturated rings. The van der Waals surface area contributed by atoms with Gasteiger partial charge in [-0.1, -0.05) is 30.3 Å². The predicted molar refractivity (Wildman–Crippen MR) is 67.5 cm³/mol. The average Bonchev–Trinajstić information content (AvgIpc) is 2.40. The minimum atomic E-state index is -0.718. The third-order valence-corrected chi connectivity index (χ3v) is 2.89. The molecule has 0 bridgehead atoms. The molecular weight excluding hydrogens is 301 g/mol. The molecule has 2 aromatic rings. The van der Waals surface area contributed by atoms with Crippen molar-refractivity contribution in [2.45, 2.75) is 6.61 Å². The summed E-state index contributed by atoms with van der Waals surface area (Å²) in [6.07, 6.45) is 1.23. The number of benzene rings is 1. The van der Waals surface area contributed by atoms with Crippen LogP contribution in [0.3, 0.4) is 0 Å². The third-order valence-electron chi connectivity index (χ3n) is 2.25. The first-order valence-corrected chi connectivity index (χ1v) is 5.98. The molecule has 2 rings (SSSR count). The number of ether oxygens (including phenoxy) is 1. The van der Waals surface area contributed by atoms with Gasteiger partial charge in [0.2, 0.25) is 5.95 Å². The van der Waals surface area contributed by atoms with Crippen molar-refractivity contribution in [1.29, 1.82) is 0 Å². The number of carbonyl (C=O) groups excluding carboxylic acids is 1. The number of nitrogens with zero attached hydrogens (tertiary/aromatic N) is 1. The van der Waals surface area contributed by atoms with Crippen LogP contribution in [0.25, 0.3) is 0 Å². The summed E-state index contributed by atoms with van der Waals surface area (Å²) in [6.45, 7) is 0.149. The quantitative estimate of drug-likeness (QED) is 0.645. The molecule has 0 saturated heterocycles.